The zero-order chi connectivity index (χ0) is 14.1. The van der Waals surface area contributed by atoms with Gasteiger partial charge in [0, 0.05) is 12.1 Å². The van der Waals surface area contributed by atoms with Gasteiger partial charge in [-0.05, 0) is 26.0 Å². The van der Waals surface area contributed by atoms with E-state index in [0.29, 0.717) is 17.9 Å². The van der Waals surface area contributed by atoms with E-state index in [2.05, 4.69) is 10.6 Å². The Kier molecular flexibility index (Phi) is 8.83. The largest absolute Gasteiger partial charge is 0.480 e. The molecule has 6 heteroatoms. The number of rotatable bonds is 9. The van der Waals surface area contributed by atoms with Crippen LogP contribution in [0.25, 0.3) is 0 Å². The van der Waals surface area contributed by atoms with Crippen molar-refractivity contribution in [2.24, 2.45) is 0 Å². The minimum Gasteiger partial charge on any atom is -0.480 e. The first-order valence-electron chi connectivity index (χ1n) is 6.19. The molecule has 1 atom stereocenters. The smallest absolute Gasteiger partial charge is 0.320 e. The van der Waals surface area contributed by atoms with E-state index in [0.717, 1.165) is 0 Å². The number of carboxylic acid groups (broad SMARTS) is 1. The van der Waals surface area contributed by atoms with E-state index >= 15 is 0 Å². The molecular formula is C12H24N2O3S. The lowest BCUT2D eigenvalue weighted by atomic mass is 10.2. The number of aliphatic carboxylic acids is 1. The number of hydrogen-bond acceptors (Lipinski definition) is 4. The van der Waals surface area contributed by atoms with E-state index in [1.165, 1.54) is 11.8 Å². The second kappa shape index (κ2) is 9.22. The molecule has 0 aromatic heterocycles. The molecule has 0 aliphatic carbocycles. The summed E-state index contributed by atoms with van der Waals surface area (Å²) in [5.41, 5.74) is 0. The summed E-state index contributed by atoms with van der Waals surface area (Å²) in [5.74, 6) is 0.198. The maximum atomic E-state index is 11.3. The molecule has 0 bridgehead atoms. The number of hydrogen-bond donors (Lipinski definition) is 3. The van der Waals surface area contributed by atoms with Gasteiger partial charge in [-0.2, -0.15) is 11.8 Å². The lowest BCUT2D eigenvalue weighted by Gasteiger charge is -2.16. The van der Waals surface area contributed by atoms with Crippen molar-refractivity contribution in [1.82, 2.24) is 10.6 Å². The fourth-order valence-electron chi connectivity index (χ4n) is 1.41. The number of carbonyl (C=O) groups is 2. The second-order valence-electron chi connectivity index (χ2n) is 4.78. The predicted molar refractivity (Wildman–Crippen MR) is 74.9 cm³/mol. The summed E-state index contributed by atoms with van der Waals surface area (Å²) in [5, 5.41) is 14.8. The third-order valence-corrected chi connectivity index (χ3v) is 3.06. The van der Waals surface area contributed by atoms with E-state index in [4.69, 9.17) is 5.11 Å². The van der Waals surface area contributed by atoms with Gasteiger partial charge >= 0.3 is 5.97 Å². The van der Waals surface area contributed by atoms with Crippen LogP contribution in [0.5, 0.6) is 0 Å². The topological polar surface area (TPSA) is 78.4 Å². The molecule has 1 amide bonds. The summed E-state index contributed by atoms with van der Waals surface area (Å²) in [4.78, 5) is 22.3. The van der Waals surface area contributed by atoms with Gasteiger partial charge < -0.3 is 15.7 Å². The Morgan fingerprint density at radius 1 is 1.17 bits per heavy atom. The Hall–Kier alpha value is -0.750. The molecule has 0 fully saturated rings. The van der Waals surface area contributed by atoms with Crippen molar-refractivity contribution in [3.8, 4) is 0 Å². The zero-order valence-electron chi connectivity index (χ0n) is 11.5. The standard InChI is InChI=1S/C12H24N2O3S/c1-8(2)13-10(12(16)17)5-6-18-7-11(15)14-9(3)4/h8-10,13H,5-7H2,1-4H3,(H,14,15)(H,16,17). The van der Waals surface area contributed by atoms with E-state index in [1.807, 2.05) is 27.7 Å². The Balaban J connectivity index is 3.80. The van der Waals surface area contributed by atoms with Crippen LogP contribution in [-0.4, -0.2) is 46.6 Å². The fraction of sp³-hybridized carbons (Fsp3) is 0.833. The molecule has 0 heterocycles. The molecule has 0 aromatic rings. The Morgan fingerprint density at radius 2 is 1.78 bits per heavy atom. The molecule has 0 saturated heterocycles. The first-order chi connectivity index (χ1) is 8.32. The highest BCUT2D eigenvalue weighted by Gasteiger charge is 2.17. The molecule has 18 heavy (non-hydrogen) atoms. The summed E-state index contributed by atoms with van der Waals surface area (Å²) in [6, 6.07) is -0.251. The Labute approximate surface area is 113 Å². The molecule has 0 rings (SSSR count). The fourth-order valence-corrected chi connectivity index (χ4v) is 2.23. The average molecular weight is 276 g/mol. The highest BCUT2D eigenvalue weighted by molar-refractivity contribution is 7.99. The minimum atomic E-state index is -0.837. The van der Waals surface area contributed by atoms with E-state index in [-0.39, 0.29) is 18.0 Å². The molecule has 5 nitrogen and oxygen atoms in total. The third-order valence-electron chi connectivity index (χ3n) is 2.07. The van der Waals surface area contributed by atoms with Crippen molar-refractivity contribution in [2.75, 3.05) is 11.5 Å². The zero-order valence-corrected chi connectivity index (χ0v) is 12.3. The number of carbonyl (C=O) groups excluding carboxylic acids is 1. The van der Waals surface area contributed by atoms with E-state index < -0.39 is 12.0 Å². The van der Waals surface area contributed by atoms with E-state index in [1.54, 1.807) is 0 Å². The lowest BCUT2D eigenvalue weighted by molar-refractivity contribution is -0.139. The summed E-state index contributed by atoms with van der Waals surface area (Å²) < 4.78 is 0. The van der Waals surface area contributed by atoms with Crippen LogP contribution in [0, 0.1) is 0 Å². The molecule has 0 spiro atoms. The van der Waals surface area contributed by atoms with Crippen molar-refractivity contribution in [3.63, 3.8) is 0 Å². The molecule has 0 radical (unpaired) electrons. The SMILES string of the molecule is CC(C)NC(=O)CSCCC(NC(C)C)C(=O)O. The number of thioether (sulfide) groups is 1. The molecule has 0 aromatic carbocycles. The number of carboxylic acids is 1. The van der Waals surface area contributed by atoms with Gasteiger partial charge in [0.1, 0.15) is 6.04 Å². The van der Waals surface area contributed by atoms with Gasteiger partial charge in [0.25, 0.3) is 0 Å². The number of nitrogens with one attached hydrogen (secondary N) is 2. The quantitative estimate of drug-likeness (QED) is 0.549. The monoisotopic (exact) mass is 276 g/mol. The van der Waals surface area contributed by atoms with Crippen LogP contribution < -0.4 is 10.6 Å². The van der Waals surface area contributed by atoms with Crippen LogP contribution in [0.15, 0.2) is 0 Å². The molecule has 0 aliphatic heterocycles. The normalized spacial score (nSPS) is 12.8. The van der Waals surface area contributed by atoms with Gasteiger partial charge in [-0.25, -0.2) is 0 Å². The minimum absolute atomic E-state index is 0.00121. The van der Waals surface area contributed by atoms with Crippen molar-refractivity contribution in [3.05, 3.63) is 0 Å². The van der Waals surface area contributed by atoms with Crippen molar-refractivity contribution in [2.45, 2.75) is 52.2 Å². The molecular weight excluding hydrogens is 252 g/mol. The van der Waals surface area contributed by atoms with Crippen LogP contribution in [0.2, 0.25) is 0 Å². The first kappa shape index (κ1) is 17.2. The molecule has 3 N–H and O–H groups in total. The molecule has 106 valence electrons. The van der Waals surface area contributed by atoms with Crippen LogP contribution in [0.4, 0.5) is 0 Å². The summed E-state index contributed by atoms with van der Waals surface area (Å²) >= 11 is 1.46. The predicted octanol–water partition coefficient (Wildman–Crippen LogP) is 1.09. The molecule has 0 aliphatic rings. The van der Waals surface area contributed by atoms with Crippen LogP contribution >= 0.6 is 11.8 Å². The third kappa shape index (κ3) is 9.30. The summed E-state index contributed by atoms with van der Waals surface area (Å²) in [6.45, 7) is 7.66. The number of amides is 1. The summed E-state index contributed by atoms with van der Waals surface area (Å²) in [7, 11) is 0. The van der Waals surface area contributed by atoms with Crippen LogP contribution in [-0.2, 0) is 9.59 Å². The second-order valence-corrected chi connectivity index (χ2v) is 5.88. The Bertz CT molecular complexity index is 270. The Morgan fingerprint density at radius 3 is 2.22 bits per heavy atom. The van der Waals surface area contributed by atoms with Gasteiger partial charge in [0.05, 0.1) is 5.75 Å². The molecule has 0 saturated carbocycles. The maximum absolute atomic E-state index is 11.3. The van der Waals surface area contributed by atoms with Gasteiger partial charge in [0.15, 0.2) is 0 Å². The van der Waals surface area contributed by atoms with Crippen molar-refractivity contribution in [1.29, 1.82) is 0 Å². The van der Waals surface area contributed by atoms with Gasteiger partial charge in [-0.1, -0.05) is 13.8 Å². The van der Waals surface area contributed by atoms with Gasteiger partial charge in [-0.3, -0.25) is 9.59 Å². The average Bonchev–Trinajstić information content (AvgIpc) is 2.20. The van der Waals surface area contributed by atoms with Gasteiger partial charge in [-0.15, -0.1) is 0 Å². The van der Waals surface area contributed by atoms with E-state index in [9.17, 15) is 9.59 Å². The highest BCUT2D eigenvalue weighted by atomic mass is 32.2. The lowest BCUT2D eigenvalue weighted by Crippen LogP contribution is -2.41. The highest BCUT2D eigenvalue weighted by Crippen LogP contribution is 2.06. The summed E-state index contributed by atoms with van der Waals surface area (Å²) in [6.07, 6.45) is 0.521. The van der Waals surface area contributed by atoms with Crippen LogP contribution in [0.3, 0.4) is 0 Å². The molecule has 1 unspecified atom stereocenters. The maximum Gasteiger partial charge on any atom is 0.320 e. The van der Waals surface area contributed by atoms with Crippen molar-refractivity contribution < 1.29 is 14.7 Å². The first-order valence-corrected chi connectivity index (χ1v) is 7.34. The van der Waals surface area contributed by atoms with Crippen molar-refractivity contribution >= 4 is 23.6 Å². The van der Waals surface area contributed by atoms with Crippen LogP contribution in [0.1, 0.15) is 34.1 Å². The van der Waals surface area contributed by atoms with Gasteiger partial charge in [0.2, 0.25) is 5.91 Å².